The predicted molar refractivity (Wildman–Crippen MR) is 80.4 cm³/mol. The highest BCUT2D eigenvalue weighted by Crippen LogP contribution is 2.37. The molecule has 0 fully saturated rings. The molecular weight excluding hydrogens is 279 g/mol. The van der Waals surface area contributed by atoms with Gasteiger partial charge < -0.3 is 15.5 Å². The molecule has 0 heterocycles. The molecule has 120 valence electrons. The first kappa shape index (κ1) is 17.8. The minimum Gasteiger partial charge on any atom is -0.367 e. The maximum atomic E-state index is 13.3. The van der Waals surface area contributed by atoms with Crippen LogP contribution in [0.2, 0.25) is 0 Å². The van der Waals surface area contributed by atoms with Gasteiger partial charge in [-0.05, 0) is 45.6 Å². The van der Waals surface area contributed by atoms with Crippen LogP contribution in [0.1, 0.15) is 25.0 Å². The van der Waals surface area contributed by atoms with Crippen molar-refractivity contribution < 1.29 is 13.2 Å². The summed E-state index contributed by atoms with van der Waals surface area (Å²) in [5.74, 6) is 0. The molecule has 2 N–H and O–H groups in total. The number of anilines is 1. The summed E-state index contributed by atoms with van der Waals surface area (Å²) in [6.07, 6.45) is -4.38. The smallest absolute Gasteiger partial charge is 0.367 e. The van der Waals surface area contributed by atoms with Crippen LogP contribution in [-0.4, -0.2) is 38.1 Å². The highest BCUT2D eigenvalue weighted by molar-refractivity contribution is 5.57. The van der Waals surface area contributed by atoms with E-state index < -0.39 is 11.7 Å². The number of nitrogens with zero attached hydrogens (tertiary/aromatic N) is 2. The van der Waals surface area contributed by atoms with E-state index in [2.05, 4.69) is 0 Å². The molecule has 0 bridgehead atoms. The zero-order valence-electron chi connectivity index (χ0n) is 13.0. The van der Waals surface area contributed by atoms with E-state index in [4.69, 9.17) is 5.73 Å². The fraction of sp³-hybridized carbons (Fsp3) is 0.600. The Morgan fingerprint density at radius 1 is 1.24 bits per heavy atom. The number of benzene rings is 1. The van der Waals surface area contributed by atoms with Crippen molar-refractivity contribution in [3.05, 3.63) is 29.3 Å². The lowest BCUT2D eigenvalue weighted by molar-refractivity contribution is -0.137. The van der Waals surface area contributed by atoms with Gasteiger partial charge in [0.15, 0.2) is 0 Å². The summed E-state index contributed by atoms with van der Waals surface area (Å²) in [4.78, 5) is 3.75. The largest absolute Gasteiger partial charge is 0.418 e. The van der Waals surface area contributed by atoms with E-state index in [1.165, 1.54) is 6.07 Å². The Bertz CT molecular complexity index is 458. The number of rotatable bonds is 6. The summed E-state index contributed by atoms with van der Waals surface area (Å²) in [6.45, 7) is 5.09. The lowest BCUT2D eigenvalue weighted by atomic mass is 10.1. The molecule has 0 radical (unpaired) electrons. The monoisotopic (exact) mass is 303 g/mol. The van der Waals surface area contributed by atoms with Gasteiger partial charge in [0.1, 0.15) is 0 Å². The Hall–Kier alpha value is -1.27. The lowest BCUT2D eigenvalue weighted by Crippen LogP contribution is -2.41. The first-order valence-corrected chi connectivity index (χ1v) is 7.02. The normalized spacial score (nSPS) is 13.6. The molecule has 1 atom stereocenters. The number of likely N-dealkylation sites (N-methyl/N-ethyl adjacent to an activating group) is 2. The topological polar surface area (TPSA) is 32.5 Å². The highest BCUT2D eigenvalue weighted by Gasteiger charge is 2.35. The number of alkyl halides is 3. The number of hydrogen-bond donors (Lipinski definition) is 1. The first-order chi connectivity index (χ1) is 9.70. The van der Waals surface area contributed by atoms with Crippen molar-refractivity contribution in [2.75, 3.05) is 32.1 Å². The molecule has 0 aliphatic heterocycles. The van der Waals surface area contributed by atoms with Crippen molar-refractivity contribution in [2.45, 2.75) is 32.6 Å². The van der Waals surface area contributed by atoms with E-state index in [1.807, 2.05) is 32.8 Å². The van der Waals surface area contributed by atoms with Crippen molar-refractivity contribution in [1.29, 1.82) is 0 Å². The lowest BCUT2D eigenvalue weighted by Gasteiger charge is -2.34. The molecule has 6 heteroatoms. The summed E-state index contributed by atoms with van der Waals surface area (Å²) in [5, 5.41) is 0. The average molecular weight is 303 g/mol. The molecule has 21 heavy (non-hydrogen) atoms. The third-order valence-corrected chi connectivity index (χ3v) is 3.41. The van der Waals surface area contributed by atoms with Crippen LogP contribution in [0.25, 0.3) is 0 Å². The zero-order chi connectivity index (χ0) is 16.2. The van der Waals surface area contributed by atoms with E-state index in [0.29, 0.717) is 18.7 Å². The van der Waals surface area contributed by atoms with Gasteiger partial charge in [0.2, 0.25) is 0 Å². The highest BCUT2D eigenvalue weighted by atomic mass is 19.4. The molecule has 0 aliphatic rings. The fourth-order valence-corrected chi connectivity index (χ4v) is 2.53. The van der Waals surface area contributed by atoms with Crippen LogP contribution < -0.4 is 10.6 Å². The van der Waals surface area contributed by atoms with Crippen LogP contribution in [0.15, 0.2) is 18.2 Å². The van der Waals surface area contributed by atoms with Gasteiger partial charge in [0.05, 0.1) is 5.56 Å². The molecule has 0 aromatic heterocycles. The Labute approximate surface area is 124 Å². The van der Waals surface area contributed by atoms with Gasteiger partial charge in [-0.1, -0.05) is 6.07 Å². The van der Waals surface area contributed by atoms with Gasteiger partial charge in [0.25, 0.3) is 0 Å². The number of nitrogens with two attached hydrogens (primary N) is 1. The molecule has 0 spiro atoms. The summed E-state index contributed by atoms with van der Waals surface area (Å²) >= 11 is 0. The maximum Gasteiger partial charge on any atom is 0.418 e. The van der Waals surface area contributed by atoms with Crippen molar-refractivity contribution >= 4 is 5.69 Å². The van der Waals surface area contributed by atoms with E-state index in [0.717, 1.165) is 6.07 Å². The third-order valence-electron chi connectivity index (χ3n) is 3.41. The molecule has 3 nitrogen and oxygen atoms in total. The molecule has 0 amide bonds. The van der Waals surface area contributed by atoms with E-state index in [9.17, 15) is 13.2 Å². The van der Waals surface area contributed by atoms with Gasteiger partial charge in [-0.2, -0.15) is 13.2 Å². The second-order valence-corrected chi connectivity index (χ2v) is 5.45. The minimum atomic E-state index is -4.38. The molecule has 0 saturated heterocycles. The summed E-state index contributed by atoms with van der Waals surface area (Å²) < 4.78 is 39.9. The molecule has 1 unspecified atom stereocenters. The quantitative estimate of drug-likeness (QED) is 0.877. The van der Waals surface area contributed by atoms with Crippen LogP contribution in [0.5, 0.6) is 0 Å². The number of halogens is 3. The van der Waals surface area contributed by atoms with E-state index in [1.54, 1.807) is 11.0 Å². The van der Waals surface area contributed by atoms with E-state index in [-0.39, 0.29) is 18.3 Å². The zero-order valence-corrected chi connectivity index (χ0v) is 13.0. The van der Waals surface area contributed by atoms with Gasteiger partial charge in [-0.3, -0.25) is 0 Å². The molecular formula is C15H24F3N3. The minimum absolute atomic E-state index is 0.0187. The average Bonchev–Trinajstić information content (AvgIpc) is 2.37. The van der Waals surface area contributed by atoms with Gasteiger partial charge >= 0.3 is 6.18 Å². The van der Waals surface area contributed by atoms with Crippen molar-refractivity contribution in [2.24, 2.45) is 5.73 Å². The Morgan fingerprint density at radius 3 is 2.29 bits per heavy atom. The Balaban J connectivity index is 3.25. The van der Waals surface area contributed by atoms with Crippen LogP contribution >= 0.6 is 0 Å². The van der Waals surface area contributed by atoms with Crippen molar-refractivity contribution in [3.63, 3.8) is 0 Å². The summed E-state index contributed by atoms with van der Waals surface area (Å²) in [5.41, 5.74) is 5.55. The van der Waals surface area contributed by atoms with Crippen molar-refractivity contribution in [1.82, 2.24) is 4.90 Å². The maximum absolute atomic E-state index is 13.3. The molecule has 1 aromatic carbocycles. The Kier molecular flexibility index (Phi) is 6.04. The van der Waals surface area contributed by atoms with E-state index >= 15 is 0 Å². The molecule has 1 rings (SSSR count). The second kappa shape index (κ2) is 7.13. The molecule has 1 aromatic rings. The molecule has 0 saturated carbocycles. The third kappa shape index (κ3) is 4.61. The Morgan fingerprint density at radius 2 is 1.86 bits per heavy atom. The molecule has 0 aliphatic carbocycles. The van der Waals surface area contributed by atoms with Crippen LogP contribution in [0.3, 0.4) is 0 Å². The summed E-state index contributed by atoms with van der Waals surface area (Å²) in [7, 11) is 3.82. The van der Waals surface area contributed by atoms with Crippen LogP contribution in [-0.2, 0) is 12.7 Å². The van der Waals surface area contributed by atoms with Gasteiger partial charge in [0, 0.05) is 31.4 Å². The van der Waals surface area contributed by atoms with Gasteiger partial charge in [-0.25, -0.2) is 0 Å². The second-order valence-electron chi connectivity index (χ2n) is 5.45. The van der Waals surface area contributed by atoms with Crippen LogP contribution in [0, 0.1) is 0 Å². The number of hydrogen-bond acceptors (Lipinski definition) is 3. The van der Waals surface area contributed by atoms with Crippen LogP contribution in [0.4, 0.5) is 18.9 Å². The van der Waals surface area contributed by atoms with Gasteiger partial charge in [-0.15, -0.1) is 0 Å². The standard InChI is InChI=1S/C15H24F3N3/c1-5-21(11(2)10-20(3)4)14-7-6-12(9-19)8-13(14)15(16,17)18/h6-8,11H,5,9-10,19H2,1-4H3. The predicted octanol–water partition coefficient (Wildman–Crippen LogP) is 2.94. The first-order valence-electron chi connectivity index (χ1n) is 7.02. The van der Waals surface area contributed by atoms with Crippen molar-refractivity contribution in [3.8, 4) is 0 Å². The SMILES string of the molecule is CCN(c1ccc(CN)cc1C(F)(F)F)C(C)CN(C)C. The fourth-order valence-electron chi connectivity index (χ4n) is 2.53. The summed E-state index contributed by atoms with van der Waals surface area (Å²) in [6, 6.07) is 4.33.